The number of para-hydroxylation sites is 1. The number of nitrogens with zero attached hydrogens (tertiary/aromatic N) is 2. The van der Waals surface area contributed by atoms with E-state index in [9.17, 15) is 10.1 Å². The number of hydrogen-bond donors (Lipinski definition) is 1. The molecule has 2 aromatic rings. The highest BCUT2D eigenvalue weighted by molar-refractivity contribution is 6.34. The van der Waals surface area contributed by atoms with Gasteiger partial charge in [-0.1, -0.05) is 29.8 Å². The number of amides is 1. The van der Waals surface area contributed by atoms with Crippen molar-refractivity contribution in [2.24, 2.45) is 0 Å². The molecule has 0 unspecified atom stereocenters. The lowest BCUT2D eigenvalue weighted by Crippen LogP contribution is -2.18. The summed E-state index contributed by atoms with van der Waals surface area (Å²) in [7, 11) is 0. The van der Waals surface area contributed by atoms with Crippen molar-refractivity contribution in [1.82, 2.24) is 0 Å². The van der Waals surface area contributed by atoms with E-state index in [1.54, 1.807) is 30.3 Å². The summed E-state index contributed by atoms with van der Waals surface area (Å²) >= 11 is 6.06. The minimum absolute atomic E-state index is 0.0400. The Morgan fingerprint density at radius 3 is 2.62 bits per heavy atom. The molecule has 1 fully saturated rings. The average Bonchev–Trinajstić information content (AvgIpc) is 3.16. The maximum Gasteiger partial charge on any atom is 0.266 e. The molecule has 1 saturated heterocycles. The number of benzene rings is 2. The molecule has 0 atom stereocenters. The monoisotopic (exact) mass is 365 g/mol. The van der Waals surface area contributed by atoms with Gasteiger partial charge in [0.2, 0.25) is 0 Å². The lowest BCUT2D eigenvalue weighted by Gasteiger charge is -2.20. The van der Waals surface area contributed by atoms with Gasteiger partial charge in [-0.15, -0.1) is 0 Å². The van der Waals surface area contributed by atoms with Gasteiger partial charge in [-0.3, -0.25) is 4.79 Å². The second-order valence-corrected chi connectivity index (χ2v) is 6.75. The third-order valence-electron chi connectivity index (χ3n) is 4.47. The molecule has 0 spiro atoms. The van der Waals surface area contributed by atoms with Gasteiger partial charge in [0.1, 0.15) is 11.6 Å². The second kappa shape index (κ2) is 8.07. The van der Waals surface area contributed by atoms with E-state index < -0.39 is 5.91 Å². The van der Waals surface area contributed by atoms with Crippen molar-refractivity contribution >= 4 is 35.0 Å². The number of carbonyl (C=O) groups excluding carboxylic acids is 1. The Morgan fingerprint density at radius 1 is 1.23 bits per heavy atom. The van der Waals surface area contributed by atoms with Crippen LogP contribution in [0.5, 0.6) is 0 Å². The molecule has 5 heteroatoms. The minimum atomic E-state index is -0.470. The summed E-state index contributed by atoms with van der Waals surface area (Å²) < 4.78 is 0. The molecule has 0 radical (unpaired) electrons. The van der Waals surface area contributed by atoms with E-state index in [2.05, 4.69) is 23.2 Å². The van der Waals surface area contributed by atoms with Gasteiger partial charge in [0.25, 0.3) is 5.91 Å². The van der Waals surface area contributed by atoms with Crippen molar-refractivity contribution < 1.29 is 4.79 Å². The molecule has 4 nitrogen and oxygen atoms in total. The van der Waals surface area contributed by atoms with E-state index in [-0.39, 0.29) is 5.57 Å². The minimum Gasteiger partial charge on any atom is -0.371 e. The summed E-state index contributed by atoms with van der Waals surface area (Å²) in [4.78, 5) is 14.8. The number of carbonyl (C=O) groups is 1. The SMILES string of the molecule is Cc1cc(C=C(C#N)C(=O)Nc2ccccc2Cl)ccc1N1CCCC1. The Morgan fingerprint density at radius 2 is 1.96 bits per heavy atom. The predicted molar refractivity (Wildman–Crippen MR) is 106 cm³/mol. The van der Waals surface area contributed by atoms with E-state index in [1.165, 1.54) is 18.5 Å². The zero-order chi connectivity index (χ0) is 18.5. The summed E-state index contributed by atoms with van der Waals surface area (Å²) in [6.07, 6.45) is 4.05. The second-order valence-electron chi connectivity index (χ2n) is 6.34. The van der Waals surface area contributed by atoms with E-state index in [4.69, 9.17) is 11.6 Å². The molecule has 3 rings (SSSR count). The average molecular weight is 366 g/mol. The Bertz CT molecular complexity index is 892. The fourth-order valence-electron chi connectivity index (χ4n) is 3.15. The lowest BCUT2D eigenvalue weighted by atomic mass is 10.1. The van der Waals surface area contributed by atoms with Crippen molar-refractivity contribution in [3.05, 3.63) is 64.2 Å². The summed E-state index contributed by atoms with van der Waals surface area (Å²) in [6.45, 7) is 4.22. The first-order chi connectivity index (χ1) is 12.6. The van der Waals surface area contributed by atoms with Crippen LogP contribution >= 0.6 is 11.6 Å². The Labute approximate surface area is 158 Å². The maximum absolute atomic E-state index is 12.4. The van der Waals surface area contributed by atoms with Crippen molar-refractivity contribution in [2.45, 2.75) is 19.8 Å². The Balaban J connectivity index is 1.80. The number of hydrogen-bond acceptors (Lipinski definition) is 3. The highest BCUT2D eigenvalue weighted by atomic mass is 35.5. The molecule has 1 aliphatic heterocycles. The predicted octanol–water partition coefficient (Wildman–Crippen LogP) is 4.79. The van der Waals surface area contributed by atoms with Gasteiger partial charge in [-0.2, -0.15) is 5.26 Å². The lowest BCUT2D eigenvalue weighted by molar-refractivity contribution is -0.112. The van der Waals surface area contributed by atoms with Crippen LogP contribution < -0.4 is 10.2 Å². The van der Waals surface area contributed by atoms with Crippen LogP contribution in [0.2, 0.25) is 5.02 Å². The number of nitriles is 1. The number of rotatable bonds is 4. The summed E-state index contributed by atoms with van der Waals surface area (Å²) in [5, 5.41) is 12.5. The third-order valence-corrected chi connectivity index (χ3v) is 4.80. The van der Waals surface area contributed by atoms with E-state index in [0.717, 1.165) is 24.2 Å². The van der Waals surface area contributed by atoms with Gasteiger partial charge >= 0.3 is 0 Å². The first-order valence-electron chi connectivity index (χ1n) is 8.62. The largest absolute Gasteiger partial charge is 0.371 e. The van der Waals surface area contributed by atoms with Crippen LogP contribution in [0.25, 0.3) is 6.08 Å². The third kappa shape index (κ3) is 4.07. The number of anilines is 2. The van der Waals surface area contributed by atoms with Gasteiger partial charge in [0.05, 0.1) is 10.7 Å². The molecular weight excluding hydrogens is 346 g/mol. The smallest absolute Gasteiger partial charge is 0.266 e. The van der Waals surface area contributed by atoms with Gasteiger partial charge in [0.15, 0.2) is 0 Å². The number of halogens is 1. The molecule has 132 valence electrons. The maximum atomic E-state index is 12.4. The normalized spacial score (nSPS) is 14.2. The molecule has 26 heavy (non-hydrogen) atoms. The Kier molecular flexibility index (Phi) is 5.60. The highest BCUT2D eigenvalue weighted by Gasteiger charge is 2.15. The van der Waals surface area contributed by atoms with Gasteiger partial charge < -0.3 is 10.2 Å². The van der Waals surface area contributed by atoms with Crippen LogP contribution in [0.3, 0.4) is 0 Å². The fraction of sp³-hybridized carbons (Fsp3) is 0.238. The van der Waals surface area contributed by atoms with Crippen molar-refractivity contribution in [1.29, 1.82) is 5.26 Å². The molecular formula is C21H20ClN3O. The summed E-state index contributed by atoms with van der Waals surface area (Å²) in [5.41, 5.74) is 3.72. The summed E-state index contributed by atoms with van der Waals surface area (Å²) in [5.74, 6) is -0.470. The Hall–Kier alpha value is -2.77. The van der Waals surface area contributed by atoms with Crippen LogP contribution in [-0.4, -0.2) is 19.0 Å². The molecule has 2 aromatic carbocycles. The molecule has 1 aliphatic rings. The van der Waals surface area contributed by atoms with E-state index in [1.807, 2.05) is 18.2 Å². The zero-order valence-electron chi connectivity index (χ0n) is 14.6. The van der Waals surface area contributed by atoms with E-state index in [0.29, 0.717) is 10.7 Å². The topological polar surface area (TPSA) is 56.1 Å². The molecule has 0 aromatic heterocycles. The fourth-order valence-corrected chi connectivity index (χ4v) is 3.33. The van der Waals surface area contributed by atoms with Crippen molar-refractivity contribution in [2.75, 3.05) is 23.3 Å². The quantitative estimate of drug-likeness (QED) is 0.625. The van der Waals surface area contributed by atoms with Crippen molar-refractivity contribution in [3.8, 4) is 6.07 Å². The molecule has 1 N–H and O–H groups in total. The van der Waals surface area contributed by atoms with Gasteiger partial charge in [0, 0.05) is 18.8 Å². The molecule has 0 aliphatic carbocycles. The standard InChI is InChI=1S/C21H20ClN3O/c1-15-12-16(8-9-20(15)25-10-4-5-11-25)13-17(14-23)21(26)24-19-7-3-2-6-18(19)22/h2-3,6-9,12-13H,4-5,10-11H2,1H3,(H,24,26). The molecule has 1 heterocycles. The molecule has 1 amide bonds. The summed E-state index contributed by atoms with van der Waals surface area (Å²) in [6, 6.07) is 14.9. The zero-order valence-corrected chi connectivity index (χ0v) is 15.4. The molecule has 0 saturated carbocycles. The van der Waals surface area contributed by atoms with E-state index >= 15 is 0 Å². The van der Waals surface area contributed by atoms with Crippen LogP contribution in [0.1, 0.15) is 24.0 Å². The van der Waals surface area contributed by atoms with Crippen LogP contribution in [0.15, 0.2) is 48.0 Å². The van der Waals surface area contributed by atoms with Crippen molar-refractivity contribution in [3.63, 3.8) is 0 Å². The first kappa shape index (κ1) is 18.0. The van der Waals surface area contributed by atoms with Gasteiger partial charge in [-0.05, 0) is 61.2 Å². The number of aryl methyl sites for hydroxylation is 1. The molecule has 0 bridgehead atoms. The first-order valence-corrected chi connectivity index (χ1v) is 8.99. The van der Waals surface area contributed by atoms with Crippen LogP contribution in [-0.2, 0) is 4.79 Å². The van der Waals surface area contributed by atoms with Crippen LogP contribution in [0, 0.1) is 18.3 Å². The number of nitrogens with one attached hydrogen (secondary N) is 1. The van der Waals surface area contributed by atoms with Gasteiger partial charge in [-0.25, -0.2) is 0 Å². The highest BCUT2D eigenvalue weighted by Crippen LogP contribution is 2.26. The van der Waals surface area contributed by atoms with Crippen LogP contribution in [0.4, 0.5) is 11.4 Å².